The number of nitrogens with one attached hydrogen (secondary N) is 1. The minimum atomic E-state index is 0.0977. The van der Waals surface area contributed by atoms with Gasteiger partial charge in [-0.05, 0) is 50.9 Å². The predicted molar refractivity (Wildman–Crippen MR) is 78.4 cm³/mol. The van der Waals surface area contributed by atoms with Crippen molar-refractivity contribution in [2.24, 2.45) is 0 Å². The summed E-state index contributed by atoms with van der Waals surface area (Å²) in [7, 11) is 3.60. The first-order valence-corrected chi connectivity index (χ1v) is 6.90. The van der Waals surface area contributed by atoms with Gasteiger partial charge < -0.3 is 15.2 Å². The second-order valence-corrected chi connectivity index (χ2v) is 5.28. The number of methoxy groups -OCH3 is 1. The lowest BCUT2D eigenvalue weighted by Crippen LogP contribution is -2.20. The third-order valence-corrected chi connectivity index (χ3v) is 4.72. The van der Waals surface area contributed by atoms with Crippen LogP contribution in [0.15, 0.2) is 4.47 Å². The molecule has 0 spiro atoms. The van der Waals surface area contributed by atoms with Crippen LogP contribution in [0.3, 0.4) is 0 Å². The van der Waals surface area contributed by atoms with E-state index in [-0.39, 0.29) is 12.6 Å². The second-order valence-electron chi connectivity index (χ2n) is 4.49. The van der Waals surface area contributed by atoms with E-state index in [1.165, 1.54) is 11.1 Å². The summed E-state index contributed by atoms with van der Waals surface area (Å²) < 4.78 is 6.70. The highest BCUT2D eigenvalue weighted by atomic mass is 79.9. The van der Waals surface area contributed by atoms with Crippen LogP contribution in [-0.4, -0.2) is 25.9 Å². The van der Waals surface area contributed by atoms with E-state index in [2.05, 4.69) is 42.0 Å². The van der Waals surface area contributed by atoms with Crippen molar-refractivity contribution >= 4 is 15.9 Å². The van der Waals surface area contributed by atoms with Gasteiger partial charge in [0.25, 0.3) is 0 Å². The van der Waals surface area contributed by atoms with E-state index in [4.69, 9.17) is 4.74 Å². The molecule has 1 aromatic carbocycles. The number of rotatable bonds is 5. The molecule has 0 saturated carbocycles. The maximum Gasteiger partial charge on any atom is 0.127 e. The highest BCUT2D eigenvalue weighted by Crippen LogP contribution is 2.39. The minimum absolute atomic E-state index is 0.0977. The summed E-state index contributed by atoms with van der Waals surface area (Å²) in [6, 6.07) is 0.0977. The molecule has 1 atom stereocenters. The van der Waals surface area contributed by atoms with E-state index < -0.39 is 0 Å². The molecule has 2 N–H and O–H groups in total. The van der Waals surface area contributed by atoms with Gasteiger partial charge in [0.05, 0.1) is 7.11 Å². The molecule has 4 heteroatoms. The van der Waals surface area contributed by atoms with Crippen LogP contribution in [0.1, 0.15) is 34.7 Å². The number of hydrogen-bond acceptors (Lipinski definition) is 3. The topological polar surface area (TPSA) is 41.5 Å². The van der Waals surface area contributed by atoms with Gasteiger partial charge in [-0.2, -0.15) is 0 Å². The molecule has 0 fully saturated rings. The molecule has 18 heavy (non-hydrogen) atoms. The Hall–Kier alpha value is -0.580. The van der Waals surface area contributed by atoms with Crippen molar-refractivity contribution in [3.63, 3.8) is 0 Å². The Morgan fingerprint density at radius 2 is 1.83 bits per heavy atom. The summed E-state index contributed by atoms with van der Waals surface area (Å²) >= 11 is 3.65. The van der Waals surface area contributed by atoms with Gasteiger partial charge in [-0.15, -0.1) is 0 Å². The quantitative estimate of drug-likeness (QED) is 0.877. The van der Waals surface area contributed by atoms with Gasteiger partial charge in [-0.25, -0.2) is 0 Å². The number of aliphatic hydroxyl groups excluding tert-OH is 1. The highest BCUT2D eigenvalue weighted by Gasteiger charge is 2.22. The fourth-order valence-corrected chi connectivity index (χ4v) is 2.86. The van der Waals surface area contributed by atoms with Crippen LogP contribution in [0.4, 0.5) is 0 Å². The fraction of sp³-hybridized carbons (Fsp3) is 0.571. The second kappa shape index (κ2) is 6.55. The average molecular weight is 316 g/mol. The predicted octanol–water partition coefficient (Wildman–Crippen LogP) is 3.03. The van der Waals surface area contributed by atoms with E-state index in [1.807, 2.05) is 7.05 Å². The summed E-state index contributed by atoms with van der Waals surface area (Å²) in [5.41, 5.74) is 4.64. The van der Waals surface area contributed by atoms with Crippen molar-refractivity contribution in [3.8, 4) is 5.75 Å². The standard InChI is InChI=1S/C14H22BrNO2/c1-8-9(2)14(18-5)12(10(3)13(8)15)11(16-4)6-7-17/h11,16-17H,6-7H2,1-5H3. The minimum Gasteiger partial charge on any atom is -0.496 e. The van der Waals surface area contributed by atoms with Gasteiger partial charge in [0.1, 0.15) is 5.75 Å². The monoisotopic (exact) mass is 315 g/mol. The third kappa shape index (κ3) is 2.71. The van der Waals surface area contributed by atoms with Gasteiger partial charge in [0.2, 0.25) is 0 Å². The highest BCUT2D eigenvalue weighted by molar-refractivity contribution is 9.10. The number of halogens is 1. The summed E-state index contributed by atoms with van der Waals surface area (Å²) in [5, 5.41) is 12.4. The Bertz CT molecular complexity index is 433. The van der Waals surface area contributed by atoms with Crippen molar-refractivity contribution in [2.45, 2.75) is 33.2 Å². The molecule has 1 rings (SSSR count). The van der Waals surface area contributed by atoms with E-state index in [9.17, 15) is 5.11 Å². The average Bonchev–Trinajstić information content (AvgIpc) is 2.38. The van der Waals surface area contributed by atoms with Crippen LogP contribution in [0, 0.1) is 20.8 Å². The zero-order valence-corrected chi connectivity index (χ0v) is 13.3. The van der Waals surface area contributed by atoms with E-state index in [1.54, 1.807) is 7.11 Å². The Morgan fingerprint density at radius 3 is 2.28 bits per heavy atom. The molecule has 102 valence electrons. The molecule has 0 amide bonds. The molecule has 0 heterocycles. The van der Waals surface area contributed by atoms with E-state index in [0.29, 0.717) is 6.42 Å². The van der Waals surface area contributed by atoms with Crippen LogP contribution in [0.25, 0.3) is 0 Å². The first-order chi connectivity index (χ1) is 8.49. The zero-order valence-electron chi connectivity index (χ0n) is 11.7. The Kier molecular flexibility index (Phi) is 5.63. The fourth-order valence-electron chi connectivity index (χ4n) is 2.35. The summed E-state index contributed by atoms with van der Waals surface area (Å²) in [5.74, 6) is 0.918. The van der Waals surface area contributed by atoms with Crippen molar-refractivity contribution in [3.05, 3.63) is 26.7 Å². The molecular weight excluding hydrogens is 294 g/mol. The first-order valence-electron chi connectivity index (χ1n) is 6.10. The first kappa shape index (κ1) is 15.5. The zero-order chi connectivity index (χ0) is 13.9. The van der Waals surface area contributed by atoms with Gasteiger partial charge in [-0.1, -0.05) is 15.9 Å². The Morgan fingerprint density at radius 1 is 1.22 bits per heavy atom. The molecule has 0 radical (unpaired) electrons. The van der Waals surface area contributed by atoms with Crippen molar-refractivity contribution in [1.82, 2.24) is 5.32 Å². The summed E-state index contributed by atoms with van der Waals surface area (Å²) in [6.45, 7) is 6.38. The van der Waals surface area contributed by atoms with Gasteiger partial charge in [-0.3, -0.25) is 0 Å². The molecule has 0 bridgehead atoms. The molecule has 0 aromatic heterocycles. The van der Waals surface area contributed by atoms with E-state index >= 15 is 0 Å². The maximum atomic E-state index is 9.18. The van der Waals surface area contributed by atoms with Gasteiger partial charge in [0.15, 0.2) is 0 Å². The molecule has 1 aromatic rings. The molecule has 3 nitrogen and oxygen atoms in total. The van der Waals surface area contributed by atoms with Crippen LogP contribution < -0.4 is 10.1 Å². The van der Waals surface area contributed by atoms with Crippen LogP contribution in [0.2, 0.25) is 0 Å². The van der Waals surface area contributed by atoms with Crippen LogP contribution >= 0.6 is 15.9 Å². The number of benzene rings is 1. The summed E-state index contributed by atoms with van der Waals surface area (Å²) in [6.07, 6.45) is 0.669. The lowest BCUT2D eigenvalue weighted by molar-refractivity contribution is 0.266. The van der Waals surface area contributed by atoms with Gasteiger partial charge >= 0.3 is 0 Å². The van der Waals surface area contributed by atoms with Crippen molar-refractivity contribution < 1.29 is 9.84 Å². The SMILES string of the molecule is CNC(CCO)c1c(C)c(Br)c(C)c(C)c1OC. The molecular formula is C14H22BrNO2. The molecule has 0 aliphatic heterocycles. The largest absolute Gasteiger partial charge is 0.496 e. The molecule has 1 unspecified atom stereocenters. The van der Waals surface area contributed by atoms with Crippen LogP contribution in [-0.2, 0) is 0 Å². The lowest BCUT2D eigenvalue weighted by Gasteiger charge is -2.24. The third-order valence-electron chi connectivity index (χ3n) is 3.53. The molecule has 0 aliphatic rings. The summed E-state index contributed by atoms with van der Waals surface area (Å²) in [4.78, 5) is 0. The molecule has 0 aliphatic carbocycles. The number of hydrogen-bond donors (Lipinski definition) is 2. The Labute approximate surface area is 118 Å². The lowest BCUT2D eigenvalue weighted by atomic mass is 9.92. The van der Waals surface area contributed by atoms with E-state index in [0.717, 1.165) is 21.3 Å². The maximum absolute atomic E-state index is 9.18. The van der Waals surface area contributed by atoms with Crippen LogP contribution in [0.5, 0.6) is 5.75 Å². The number of ether oxygens (including phenoxy) is 1. The van der Waals surface area contributed by atoms with Crippen molar-refractivity contribution in [2.75, 3.05) is 20.8 Å². The van der Waals surface area contributed by atoms with Gasteiger partial charge in [0, 0.05) is 22.7 Å². The number of aliphatic hydroxyl groups is 1. The Balaban J connectivity index is 3.49. The molecule has 0 saturated heterocycles. The normalized spacial score (nSPS) is 12.6. The van der Waals surface area contributed by atoms with Crippen molar-refractivity contribution in [1.29, 1.82) is 0 Å². The smallest absolute Gasteiger partial charge is 0.127 e.